The second kappa shape index (κ2) is 10.8. The fraction of sp³-hybridized carbons (Fsp3) is 0.619. The van der Waals surface area contributed by atoms with E-state index in [1.54, 1.807) is 0 Å². The maximum atomic E-state index is 12.8. The average Bonchev–Trinajstić information content (AvgIpc) is 3.18. The summed E-state index contributed by atoms with van der Waals surface area (Å²) in [6.07, 6.45) is 3.38. The highest BCUT2D eigenvalue weighted by Crippen LogP contribution is 2.17. The van der Waals surface area contributed by atoms with E-state index in [1.165, 1.54) is 11.1 Å². The number of fused-ring (bicyclic) bond motifs is 1. The van der Waals surface area contributed by atoms with Crippen LogP contribution in [0.15, 0.2) is 24.3 Å². The van der Waals surface area contributed by atoms with Crippen LogP contribution in [0.5, 0.6) is 0 Å². The minimum Gasteiger partial charge on any atom is -0.376 e. The fourth-order valence-corrected chi connectivity index (χ4v) is 3.76. The number of amides is 2. The van der Waals surface area contributed by atoms with Crippen molar-refractivity contribution in [3.63, 3.8) is 0 Å². The predicted molar refractivity (Wildman–Crippen MR) is 111 cm³/mol. The van der Waals surface area contributed by atoms with Gasteiger partial charge in [0, 0.05) is 19.7 Å². The highest BCUT2D eigenvalue weighted by Gasteiger charge is 2.29. The number of ether oxygens (including phenoxy) is 1. The van der Waals surface area contributed by atoms with Crippen LogP contribution in [0.1, 0.15) is 44.2 Å². The molecular formula is C21H32ClN3O3. The number of hydrogen-bond acceptors (Lipinski definition) is 4. The number of carbonyl (C=O) groups is 2. The van der Waals surface area contributed by atoms with E-state index >= 15 is 0 Å². The van der Waals surface area contributed by atoms with Crippen molar-refractivity contribution in [2.75, 3.05) is 13.2 Å². The normalized spacial score (nSPS) is 22.1. The highest BCUT2D eigenvalue weighted by molar-refractivity contribution is 5.90. The van der Waals surface area contributed by atoms with Gasteiger partial charge >= 0.3 is 0 Å². The first-order valence-corrected chi connectivity index (χ1v) is 10.0. The molecular weight excluding hydrogens is 378 g/mol. The van der Waals surface area contributed by atoms with Gasteiger partial charge in [-0.2, -0.15) is 0 Å². The van der Waals surface area contributed by atoms with Crippen LogP contribution in [-0.4, -0.2) is 43.2 Å². The van der Waals surface area contributed by atoms with Crippen LogP contribution < -0.4 is 16.0 Å². The number of benzene rings is 1. The molecule has 1 saturated heterocycles. The van der Waals surface area contributed by atoms with Crippen molar-refractivity contribution in [2.24, 2.45) is 5.92 Å². The van der Waals surface area contributed by atoms with E-state index in [9.17, 15) is 9.59 Å². The summed E-state index contributed by atoms with van der Waals surface area (Å²) in [4.78, 5) is 25.4. The molecule has 2 aliphatic heterocycles. The van der Waals surface area contributed by atoms with E-state index in [0.29, 0.717) is 31.8 Å². The number of nitrogens with one attached hydrogen (secondary N) is 3. The third kappa shape index (κ3) is 6.19. The average molecular weight is 410 g/mol. The van der Waals surface area contributed by atoms with Crippen molar-refractivity contribution in [1.29, 1.82) is 0 Å². The zero-order valence-electron chi connectivity index (χ0n) is 16.7. The summed E-state index contributed by atoms with van der Waals surface area (Å²) < 4.78 is 5.56. The Morgan fingerprint density at radius 3 is 2.68 bits per heavy atom. The van der Waals surface area contributed by atoms with Gasteiger partial charge in [0.2, 0.25) is 11.8 Å². The van der Waals surface area contributed by atoms with Gasteiger partial charge < -0.3 is 20.7 Å². The molecule has 0 aliphatic carbocycles. The van der Waals surface area contributed by atoms with E-state index in [-0.39, 0.29) is 36.4 Å². The molecule has 3 rings (SSSR count). The topological polar surface area (TPSA) is 79.5 Å². The van der Waals surface area contributed by atoms with E-state index in [2.05, 4.69) is 41.9 Å². The summed E-state index contributed by atoms with van der Waals surface area (Å²) >= 11 is 0. The SMILES string of the molecule is CC(C)C[C@H](NC(=O)[C@@H]1Cc2ccccc2CN1)C(=O)NCC1CCCO1.Cl. The van der Waals surface area contributed by atoms with Crippen molar-refractivity contribution in [3.05, 3.63) is 35.4 Å². The van der Waals surface area contributed by atoms with Gasteiger partial charge in [-0.05, 0) is 42.7 Å². The van der Waals surface area contributed by atoms with Crippen molar-refractivity contribution in [3.8, 4) is 0 Å². The Hall–Kier alpha value is -1.63. The zero-order valence-corrected chi connectivity index (χ0v) is 17.5. The minimum atomic E-state index is -0.516. The summed E-state index contributed by atoms with van der Waals surface area (Å²) in [5, 5.41) is 9.21. The Morgan fingerprint density at radius 2 is 2.00 bits per heavy atom. The fourth-order valence-electron chi connectivity index (χ4n) is 3.76. The van der Waals surface area contributed by atoms with Gasteiger partial charge in [-0.3, -0.25) is 9.59 Å². The third-order valence-corrected chi connectivity index (χ3v) is 5.27. The molecule has 2 aliphatic rings. The lowest BCUT2D eigenvalue weighted by Gasteiger charge is -2.28. The molecule has 0 spiro atoms. The lowest BCUT2D eigenvalue weighted by Crippen LogP contribution is -2.55. The number of carbonyl (C=O) groups excluding carboxylic acids is 2. The van der Waals surface area contributed by atoms with Crippen molar-refractivity contribution >= 4 is 24.2 Å². The van der Waals surface area contributed by atoms with Crippen LogP contribution in [0.3, 0.4) is 0 Å². The van der Waals surface area contributed by atoms with E-state index in [0.717, 1.165) is 19.4 Å². The molecule has 1 aromatic carbocycles. The van der Waals surface area contributed by atoms with Gasteiger partial charge in [-0.15, -0.1) is 12.4 Å². The lowest BCUT2D eigenvalue weighted by molar-refractivity contribution is -0.130. The molecule has 156 valence electrons. The molecule has 6 nitrogen and oxygen atoms in total. The van der Waals surface area contributed by atoms with Crippen LogP contribution >= 0.6 is 12.4 Å². The molecule has 0 radical (unpaired) electrons. The Bertz CT molecular complexity index is 662. The molecule has 2 amide bonds. The Kier molecular flexibility index (Phi) is 8.73. The van der Waals surface area contributed by atoms with Gasteiger partial charge in [0.1, 0.15) is 6.04 Å². The Morgan fingerprint density at radius 1 is 1.25 bits per heavy atom. The quantitative estimate of drug-likeness (QED) is 0.643. The smallest absolute Gasteiger partial charge is 0.242 e. The third-order valence-electron chi connectivity index (χ3n) is 5.27. The minimum absolute atomic E-state index is 0. The molecule has 1 unspecified atom stereocenters. The standard InChI is InChI=1S/C21H31N3O3.ClH/c1-14(2)10-19(20(25)23-13-17-8-5-9-27-17)24-21(26)18-11-15-6-3-4-7-16(15)12-22-18;/h3-4,6-7,14,17-19,22H,5,8-13H2,1-2H3,(H,23,25)(H,24,26);1H/t17?,18-,19-;/m0./s1. The summed E-state index contributed by atoms with van der Waals surface area (Å²) in [5.41, 5.74) is 2.43. The Balaban J connectivity index is 0.00000280. The van der Waals surface area contributed by atoms with Gasteiger partial charge in [0.05, 0.1) is 12.1 Å². The monoisotopic (exact) mass is 409 g/mol. The van der Waals surface area contributed by atoms with Crippen LogP contribution in [0, 0.1) is 5.92 Å². The number of rotatable bonds is 7. The van der Waals surface area contributed by atoms with Crippen LogP contribution in [-0.2, 0) is 27.3 Å². The van der Waals surface area contributed by atoms with Crippen LogP contribution in [0.2, 0.25) is 0 Å². The molecule has 1 aromatic rings. The molecule has 3 atom stereocenters. The molecule has 0 aromatic heterocycles. The number of halogens is 1. The van der Waals surface area contributed by atoms with E-state index < -0.39 is 6.04 Å². The van der Waals surface area contributed by atoms with Crippen LogP contribution in [0.4, 0.5) is 0 Å². The first kappa shape index (κ1) is 22.7. The molecule has 1 fully saturated rings. The highest BCUT2D eigenvalue weighted by atomic mass is 35.5. The number of hydrogen-bond donors (Lipinski definition) is 3. The molecule has 0 bridgehead atoms. The van der Waals surface area contributed by atoms with Crippen molar-refractivity contribution in [2.45, 2.75) is 64.3 Å². The first-order chi connectivity index (χ1) is 13.0. The lowest BCUT2D eigenvalue weighted by atomic mass is 9.95. The van der Waals surface area contributed by atoms with Gasteiger partial charge in [-0.1, -0.05) is 38.1 Å². The van der Waals surface area contributed by atoms with Gasteiger partial charge in [0.15, 0.2) is 0 Å². The largest absolute Gasteiger partial charge is 0.376 e. The molecule has 7 heteroatoms. The summed E-state index contributed by atoms with van der Waals surface area (Å²) in [5.74, 6) is 0.0787. The summed E-state index contributed by atoms with van der Waals surface area (Å²) in [6, 6.07) is 7.34. The molecule has 28 heavy (non-hydrogen) atoms. The summed E-state index contributed by atoms with van der Waals surface area (Å²) in [7, 11) is 0. The molecule has 3 N–H and O–H groups in total. The van der Waals surface area contributed by atoms with E-state index in [4.69, 9.17) is 4.74 Å². The van der Waals surface area contributed by atoms with E-state index in [1.807, 2.05) is 12.1 Å². The maximum absolute atomic E-state index is 12.8. The second-order valence-corrected chi connectivity index (χ2v) is 7.98. The zero-order chi connectivity index (χ0) is 19.2. The molecule has 0 saturated carbocycles. The first-order valence-electron chi connectivity index (χ1n) is 10.0. The Labute approximate surface area is 173 Å². The van der Waals surface area contributed by atoms with Gasteiger partial charge in [0.25, 0.3) is 0 Å². The predicted octanol–water partition coefficient (Wildman–Crippen LogP) is 1.95. The maximum Gasteiger partial charge on any atom is 0.242 e. The van der Waals surface area contributed by atoms with Crippen molar-refractivity contribution < 1.29 is 14.3 Å². The van der Waals surface area contributed by atoms with Gasteiger partial charge in [-0.25, -0.2) is 0 Å². The van der Waals surface area contributed by atoms with Crippen LogP contribution in [0.25, 0.3) is 0 Å². The van der Waals surface area contributed by atoms with Crippen molar-refractivity contribution in [1.82, 2.24) is 16.0 Å². The molecule has 2 heterocycles. The second-order valence-electron chi connectivity index (χ2n) is 7.98. The summed E-state index contributed by atoms with van der Waals surface area (Å²) in [6.45, 7) is 6.07.